The molecule has 0 saturated carbocycles. The van der Waals surface area contributed by atoms with Crippen molar-refractivity contribution in [1.82, 2.24) is 9.88 Å². The van der Waals surface area contributed by atoms with E-state index in [9.17, 15) is 9.59 Å². The molecule has 7 heteroatoms. The molecule has 1 aliphatic heterocycles. The molecule has 1 N–H and O–H groups in total. The van der Waals surface area contributed by atoms with Crippen molar-refractivity contribution in [2.24, 2.45) is 0 Å². The number of pyridine rings is 1. The Morgan fingerprint density at radius 1 is 1.21 bits per heavy atom. The summed E-state index contributed by atoms with van der Waals surface area (Å²) < 4.78 is 5.70. The minimum Gasteiger partial charge on any atom is -0.478 e. The molecule has 1 aromatic heterocycles. The molecule has 3 rings (SSSR count). The van der Waals surface area contributed by atoms with E-state index in [1.54, 1.807) is 23.2 Å². The first-order valence-electron chi connectivity index (χ1n) is 11.2. The number of anilines is 1. The van der Waals surface area contributed by atoms with E-state index in [1.165, 1.54) is 22.8 Å². The lowest BCUT2D eigenvalue weighted by Crippen LogP contribution is -2.45. The number of carbonyl (C=O) groups excluding carboxylic acids is 1. The van der Waals surface area contributed by atoms with Crippen LogP contribution in [0.2, 0.25) is 0 Å². The second-order valence-electron chi connectivity index (χ2n) is 9.57. The second kappa shape index (κ2) is 10.2. The van der Waals surface area contributed by atoms with Crippen LogP contribution < -0.4 is 4.90 Å². The van der Waals surface area contributed by atoms with Gasteiger partial charge in [0.2, 0.25) is 0 Å². The maximum atomic E-state index is 13.1. The van der Waals surface area contributed by atoms with Crippen molar-refractivity contribution in [3.63, 3.8) is 0 Å². The number of carboxylic acids is 1. The van der Waals surface area contributed by atoms with Gasteiger partial charge >= 0.3 is 12.1 Å². The summed E-state index contributed by atoms with van der Waals surface area (Å²) in [4.78, 5) is 32.3. The van der Waals surface area contributed by atoms with Gasteiger partial charge < -0.3 is 9.84 Å². The molecular weight excluding hydrogens is 418 g/mol. The molecule has 0 aliphatic carbocycles. The molecule has 0 bridgehead atoms. The summed E-state index contributed by atoms with van der Waals surface area (Å²) in [6.45, 7) is 12.2. The Balaban J connectivity index is 1.79. The summed E-state index contributed by atoms with van der Waals surface area (Å²) in [6.07, 6.45) is 4.48. The van der Waals surface area contributed by atoms with E-state index < -0.39 is 17.7 Å². The van der Waals surface area contributed by atoms with Crippen LogP contribution in [0.3, 0.4) is 0 Å². The molecule has 2 aromatic rings. The third kappa shape index (κ3) is 6.89. The van der Waals surface area contributed by atoms with Crippen molar-refractivity contribution < 1.29 is 19.4 Å². The number of aliphatic carboxylic acids is 1. The fourth-order valence-electron chi connectivity index (χ4n) is 3.87. The highest BCUT2D eigenvalue weighted by Crippen LogP contribution is 2.26. The number of hydrogen-bond acceptors (Lipinski definition) is 5. The van der Waals surface area contributed by atoms with E-state index in [4.69, 9.17) is 9.84 Å². The van der Waals surface area contributed by atoms with Crippen LogP contribution in [0.4, 0.5) is 10.6 Å². The molecule has 0 spiro atoms. The zero-order valence-corrected chi connectivity index (χ0v) is 20.0. The van der Waals surface area contributed by atoms with Crippen molar-refractivity contribution in [2.45, 2.75) is 59.2 Å². The molecular formula is C26H33N3O4. The Morgan fingerprint density at radius 3 is 2.58 bits per heavy atom. The van der Waals surface area contributed by atoms with Crippen LogP contribution in [0.1, 0.15) is 49.4 Å². The zero-order valence-electron chi connectivity index (χ0n) is 20.0. The molecule has 1 fully saturated rings. The lowest BCUT2D eigenvalue weighted by atomic mass is 10.1. The third-order valence-corrected chi connectivity index (χ3v) is 5.62. The first-order valence-corrected chi connectivity index (χ1v) is 11.2. The number of amides is 1. The summed E-state index contributed by atoms with van der Waals surface area (Å²) in [5.74, 6) is -0.529. The van der Waals surface area contributed by atoms with Crippen molar-refractivity contribution in [2.75, 3.05) is 18.0 Å². The van der Waals surface area contributed by atoms with Gasteiger partial charge in [0, 0.05) is 31.9 Å². The van der Waals surface area contributed by atoms with Gasteiger partial charge in [0.25, 0.3) is 0 Å². The average Bonchev–Trinajstić information content (AvgIpc) is 3.16. The van der Waals surface area contributed by atoms with Crippen molar-refractivity contribution in [3.05, 3.63) is 64.9 Å². The fourth-order valence-corrected chi connectivity index (χ4v) is 3.87. The van der Waals surface area contributed by atoms with Gasteiger partial charge in [-0.2, -0.15) is 0 Å². The normalized spacial score (nSPS) is 16.8. The summed E-state index contributed by atoms with van der Waals surface area (Å²) in [5, 5.41) is 8.82. The highest BCUT2D eigenvalue weighted by Gasteiger charge is 2.35. The fraction of sp³-hybridized carbons (Fsp3) is 0.423. The van der Waals surface area contributed by atoms with Crippen molar-refractivity contribution >= 4 is 24.0 Å². The van der Waals surface area contributed by atoms with Gasteiger partial charge in [0.05, 0.1) is 6.04 Å². The summed E-state index contributed by atoms with van der Waals surface area (Å²) in [7, 11) is 0. The van der Waals surface area contributed by atoms with Crippen LogP contribution in [0.25, 0.3) is 6.08 Å². The monoisotopic (exact) mass is 451 g/mol. The Morgan fingerprint density at radius 2 is 1.97 bits per heavy atom. The van der Waals surface area contributed by atoms with Gasteiger partial charge in [0.15, 0.2) is 0 Å². The average molecular weight is 452 g/mol. The molecule has 1 amide bonds. The molecule has 2 heterocycles. The van der Waals surface area contributed by atoms with Crippen LogP contribution in [-0.4, -0.2) is 51.8 Å². The highest BCUT2D eigenvalue weighted by atomic mass is 16.6. The van der Waals surface area contributed by atoms with Crippen LogP contribution in [-0.2, 0) is 16.1 Å². The molecule has 33 heavy (non-hydrogen) atoms. The Hall–Kier alpha value is -3.19. The van der Waals surface area contributed by atoms with E-state index in [0.717, 1.165) is 25.6 Å². The predicted molar refractivity (Wildman–Crippen MR) is 129 cm³/mol. The molecule has 0 radical (unpaired) electrons. The van der Waals surface area contributed by atoms with E-state index in [1.807, 2.05) is 20.8 Å². The van der Waals surface area contributed by atoms with Gasteiger partial charge in [-0.1, -0.05) is 18.2 Å². The van der Waals surface area contributed by atoms with Gasteiger partial charge in [-0.3, -0.25) is 9.80 Å². The molecule has 1 saturated heterocycles. The molecule has 1 aliphatic rings. The predicted octanol–water partition coefficient (Wildman–Crippen LogP) is 4.81. The summed E-state index contributed by atoms with van der Waals surface area (Å²) >= 11 is 0. The number of aryl methyl sites for hydroxylation is 2. The molecule has 1 aromatic carbocycles. The topological polar surface area (TPSA) is 83.0 Å². The minimum atomic E-state index is -1.02. The van der Waals surface area contributed by atoms with Crippen LogP contribution >= 0.6 is 0 Å². The van der Waals surface area contributed by atoms with Crippen molar-refractivity contribution in [3.8, 4) is 0 Å². The largest absolute Gasteiger partial charge is 0.478 e. The maximum absolute atomic E-state index is 13.1. The van der Waals surface area contributed by atoms with Gasteiger partial charge in [-0.15, -0.1) is 0 Å². The van der Waals surface area contributed by atoms with Gasteiger partial charge in [-0.25, -0.2) is 14.6 Å². The summed E-state index contributed by atoms with van der Waals surface area (Å²) in [6, 6.07) is 9.94. The number of carbonyl (C=O) groups is 2. The van der Waals surface area contributed by atoms with Crippen LogP contribution in [0.5, 0.6) is 0 Å². The van der Waals surface area contributed by atoms with Crippen LogP contribution in [0.15, 0.2) is 42.6 Å². The van der Waals surface area contributed by atoms with E-state index in [2.05, 4.69) is 41.9 Å². The molecule has 1 atom stereocenters. The number of nitrogens with zero attached hydrogens (tertiary/aromatic N) is 3. The highest BCUT2D eigenvalue weighted by molar-refractivity contribution is 5.88. The zero-order chi connectivity index (χ0) is 24.2. The molecule has 0 unspecified atom stereocenters. The SMILES string of the molecule is Cc1ccc(CN2CC[C@@H](N(C(=O)OC(C)(C)C)c3ccc(C=CC(=O)O)cn3)C2)cc1C. The summed E-state index contributed by atoms with van der Waals surface area (Å²) in [5.41, 5.74) is 3.84. The lowest BCUT2D eigenvalue weighted by Gasteiger charge is -2.31. The number of ether oxygens (including phenoxy) is 1. The van der Waals surface area contributed by atoms with Crippen LogP contribution in [0, 0.1) is 13.8 Å². The van der Waals surface area contributed by atoms with E-state index in [-0.39, 0.29) is 6.04 Å². The number of aromatic nitrogens is 1. The van der Waals surface area contributed by atoms with Gasteiger partial charge in [-0.05, 0) is 81.5 Å². The number of likely N-dealkylation sites (tertiary alicyclic amines) is 1. The quantitative estimate of drug-likeness (QED) is 0.635. The number of hydrogen-bond donors (Lipinski definition) is 1. The lowest BCUT2D eigenvalue weighted by molar-refractivity contribution is -0.131. The Bertz CT molecular complexity index is 1020. The van der Waals surface area contributed by atoms with E-state index >= 15 is 0 Å². The minimum absolute atomic E-state index is 0.0701. The maximum Gasteiger partial charge on any atom is 0.416 e. The van der Waals surface area contributed by atoms with Gasteiger partial charge in [0.1, 0.15) is 11.4 Å². The second-order valence-corrected chi connectivity index (χ2v) is 9.57. The first kappa shape index (κ1) is 24.5. The molecule has 176 valence electrons. The number of carboxylic acid groups (broad SMARTS) is 1. The standard InChI is InChI=1S/C26H33N3O4/c1-18-6-7-21(14-19(18)2)16-28-13-12-22(17-28)29(25(32)33-26(3,4)5)23-10-8-20(15-27-23)9-11-24(30)31/h6-11,14-15,22H,12-13,16-17H2,1-5H3,(H,30,31)/t22-/m1/s1. The number of benzene rings is 1. The number of rotatable bonds is 6. The van der Waals surface area contributed by atoms with Crippen molar-refractivity contribution in [1.29, 1.82) is 0 Å². The smallest absolute Gasteiger partial charge is 0.416 e. The first-order chi connectivity index (χ1) is 15.5. The Kier molecular flexibility index (Phi) is 7.53. The Labute approximate surface area is 195 Å². The molecule has 7 nitrogen and oxygen atoms in total. The third-order valence-electron chi connectivity index (χ3n) is 5.62. The van der Waals surface area contributed by atoms with E-state index in [0.29, 0.717) is 17.9 Å².